The van der Waals surface area contributed by atoms with Gasteiger partial charge in [0.05, 0.1) is 6.61 Å². The van der Waals surface area contributed by atoms with Crippen molar-refractivity contribution in [1.82, 2.24) is 0 Å². The standard InChI is InChI=1S/C24H32O7Si/c1-16(25)30-23-22(28)21(27)20(26)19(31-23)15-29-32(24(2,3)4,17-11-7-5-8-12-17)18-13-9-6-10-14-18/h5-14,19-23,26-28H,15H2,1-4H3/t19-,20+,21+,22-,23+/m1/s1. The van der Waals surface area contributed by atoms with Gasteiger partial charge in [0, 0.05) is 6.92 Å². The van der Waals surface area contributed by atoms with Gasteiger partial charge in [-0.25, -0.2) is 0 Å². The number of carbonyl (C=O) groups is 1. The molecule has 0 unspecified atom stereocenters. The summed E-state index contributed by atoms with van der Waals surface area (Å²) in [6.45, 7) is 7.49. The minimum absolute atomic E-state index is 0.0595. The van der Waals surface area contributed by atoms with Crippen molar-refractivity contribution in [3.05, 3.63) is 60.7 Å². The van der Waals surface area contributed by atoms with Gasteiger partial charge in [-0.3, -0.25) is 4.79 Å². The Kier molecular flexibility index (Phi) is 7.54. The molecule has 0 aliphatic carbocycles. The first-order chi connectivity index (χ1) is 15.1. The quantitative estimate of drug-likeness (QED) is 0.435. The number of hydrogen-bond donors (Lipinski definition) is 3. The minimum Gasteiger partial charge on any atom is -0.433 e. The van der Waals surface area contributed by atoms with Crippen LogP contribution in [0.3, 0.4) is 0 Å². The lowest BCUT2D eigenvalue weighted by Gasteiger charge is -2.45. The zero-order valence-electron chi connectivity index (χ0n) is 18.8. The molecule has 1 saturated heterocycles. The average molecular weight is 461 g/mol. The smallest absolute Gasteiger partial charge is 0.305 e. The van der Waals surface area contributed by atoms with E-state index < -0.39 is 45.0 Å². The van der Waals surface area contributed by atoms with Crippen molar-refractivity contribution < 1.29 is 34.0 Å². The molecule has 2 aromatic rings. The second-order valence-electron chi connectivity index (χ2n) is 9.10. The summed E-state index contributed by atoms with van der Waals surface area (Å²) in [5, 5.41) is 32.8. The van der Waals surface area contributed by atoms with Gasteiger partial charge >= 0.3 is 5.97 Å². The van der Waals surface area contributed by atoms with E-state index in [0.717, 1.165) is 10.4 Å². The highest BCUT2D eigenvalue weighted by Gasteiger charge is 2.52. The summed E-state index contributed by atoms with van der Waals surface area (Å²) in [6, 6.07) is 20.0. The molecule has 32 heavy (non-hydrogen) atoms. The molecule has 0 spiro atoms. The van der Waals surface area contributed by atoms with Crippen LogP contribution in [0.2, 0.25) is 5.04 Å². The monoisotopic (exact) mass is 460 g/mol. The van der Waals surface area contributed by atoms with Crippen LogP contribution >= 0.6 is 0 Å². The van der Waals surface area contributed by atoms with Crippen LogP contribution in [0.5, 0.6) is 0 Å². The summed E-state index contributed by atoms with van der Waals surface area (Å²) in [5.41, 5.74) is 0. The van der Waals surface area contributed by atoms with E-state index in [1.807, 2.05) is 60.7 Å². The number of hydrogen-bond acceptors (Lipinski definition) is 7. The van der Waals surface area contributed by atoms with Crippen molar-refractivity contribution in [2.45, 2.75) is 63.4 Å². The minimum atomic E-state index is -2.90. The predicted molar refractivity (Wildman–Crippen MR) is 122 cm³/mol. The second-order valence-corrected chi connectivity index (χ2v) is 13.4. The van der Waals surface area contributed by atoms with E-state index in [4.69, 9.17) is 13.9 Å². The van der Waals surface area contributed by atoms with E-state index >= 15 is 0 Å². The number of aliphatic hydroxyl groups is 3. The number of aliphatic hydroxyl groups excluding tert-OH is 3. The molecule has 0 amide bonds. The fraction of sp³-hybridized carbons (Fsp3) is 0.458. The van der Waals surface area contributed by atoms with Crippen LogP contribution in [-0.4, -0.2) is 66.9 Å². The molecule has 8 heteroatoms. The van der Waals surface area contributed by atoms with Crippen LogP contribution in [0.15, 0.2) is 60.7 Å². The topological polar surface area (TPSA) is 105 Å². The first-order valence-electron chi connectivity index (χ1n) is 10.7. The number of ether oxygens (including phenoxy) is 2. The third-order valence-electron chi connectivity index (χ3n) is 5.83. The number of carbonyl (C=O) groups excluding carboxylic acids is 1. The molecule has 0 radical (unpaired) electrons. The molecule has 1 fully saturated rings. The number of benzene rings is 2. The van der Waals surface area contributed by atoms with Gasteiger partial charge in [-0.2, -0.15) is 0 Å². The van der Waals surface area contributed by atoms with E-state index in [1.54, 1.807) is 0 Å². The van der Waals surface area contributed by atoms with Crippen molar-refractivity contribution in [2.24, 2.45) is 0 Å². The molecule has 1 aliphatic heterocycles. The first-order valence-corrected chi connectivity index (χ1v) is 12.6. The fourth-order valence-electron chi connectivity index (χ4n) is 4.28. The Morgan fingerprint density at radius 1 is 0.906 bits per heavy atom. The summed E-state index contributed by atoms with van der Waals surface area (Å²) in [6.07, 6.45) is -6.90. The van der Waals surface area contributed by atoms with Crippen LogP contribution in [0.25, 0.3) is 0 Å². The normalized spacial score (nSPS) is 26.5. The van der Waals surface area contributed by atoms with E-state index in [9.17, 15) is 20.1 Å². The maximum atomic E-state index is 11.4. The maximum Gasteiger partial charge on any atom is 0.305 e. The molecular weight excluding hydrogens is 428 g/mol. The third-order valence-corrected chi connectivity index (χ3v) is 10.8. The molecule has 174 valence electrons. The maximum absolute atomic E-state index is 11.4. The zero-order valence-corrected chi connectivity index (χ0v) is 19.8. The van der Waals surface area contributed by atoms with Crippen molar-refractivity contribution in [1.29, 1.82) is 0 Å². The van der Waals surface area contributed by atoms with Gasteiger partial charge in [-0.1, -0.05) is 81.4 Å². The Morgan fingerprint density at radius 2 is 1.41 bits per heavy atom. The van der Waals surface area contributed by atoms with Crippen molar-refractivity contribution in [3.63, 3.8) is 0 Å². The van der Waals surface area contributed by atoms with Crippen LogP contribution < -0.4 is 10.4 Å². The molecule has 3 rings (SSSR count). The van der Waals surface area contributed by atoms with Gasteiger partial charge in [-0.15, -0.1) is 0 Å². The first kappa shape index (κ1) is 24.6. The van der Waals surface area contributed by atoms with Crippen LogP contribution in [0.1, 0.15) is 27.7 Å². The lowest BCUT2D eigenvalue weighted by Crippen LogP contribution is -2.68. The Morgan fingerprint density at radius 3 is 1.84 bits per heavy atom. The lowest BCUT2D eigenvalue weighted by atomic mass is 9.99. The van der Waals surface area contributed by atoms with Crippen molar-refractivity contribution >= 4 is 24.7 Å². The number of esters is 1. The summed E-state index contributed by atoms with van der Waals surface area (Å²) in [4.78, 5) is 11.4. The zero-order chi connectivity index (χ0) is 23.5. The molecule has 0 saturated carbocycles. The summed E-state index contributed by atoms with van der Waals surface area (Å²) in [5.74, 6) is -0.663. The van der Waals surface area contributed by atoms with Gasteiger partial charge in [0.15, 0.2) is 0 Å². The van der Waals surface area contributed by atoms with Gasteiger partial charge < -0.3 is 29.2 Å². The van der Waals surface area contributed by atoms with Gasteiger partial charge in [0.1, 0.15) is 24.4 Å². The van der Waals surface area contributed by atoms with Crippen LogP contribution in [0.4, 0.5) is 0 Å². The highest BCUT2D eigenvalue weighted by Crippen LogP contribution is 2.37. The summed E-state index contributed by atoms with van der Waals surface area (Å²) in [7, 11) is -2.90. The average Bonchev–Trinajstić information content (AvgIpc) is 2.76. The van der Waals surface area contributed by atoms with E-state index in [1.165, 1.54) is 6.92 Å². The summed E-state index contributed by atoms with van der Waals surface area (Å²) >= 11 is 0. The Balaban J connectivity index is 1.98. The van der Waals surface area contributed by atoms with Gasteiger partial charge in [-0.05, 0) is 15.4 Å². The predicted octanol–water partition coefficient (Wildman–Crippen LogP) is 0.934. The SMILES string of the molecule is CC(=O)O[C@H]1O[C@H](CO[Si](c2ccccc2)(c2ccccc2)C(C)(C)C)[C@H](O)[C@H](O)[C@H]1O. The third kappa shape index (κ3) is 4.80. The molecule has 2 aromatic carbocycles. The van der Waals surface area contributed by atoms with Crippen molar-refractivity contribution in [2.75, 3.05) is 6.61 Å². The fourth-order valence-corrected chi connectivity index (χ4v) is 8.85. The second kappa shape index (κ2) is 9.82. The van der Waals surface area contributed by atoms with Gasteiger partial charge in [0.25, 0.3) is 8.32 Å². The van der Waals surface area contributed by atoms with Crippen LogP contribution in [0, 0.1) is 0 Å². The Bertz CT molecular complexity index is 845. The molecule has 3 N–H and O–H groups in total. The molecule has 1 aliphatic rings. The molecule has 7 nitrogen and oxygen atoms in total. The summed E-state index contributed by atoms with van der Waals surface area (Å²) < 4.78 is 17.4. The van der Waals surface area contributed by atoms with E-state index in [2.05, 4.69) is 20.8 Å². The highest BCUT2D eigenvalue weighted by molar-refractivity contribution is 6.99. The van der Waals surface area contributed by atoms with E-state index in [0.29, 0.717) is 0 Å². The molecule has 5 atom stereocenters. The lowest BCUT2D eigenvalue weighted by molar-refractivity contribution is -0.291. The number of rotatable bonds is 6. The Labute approximate surface area is 189 Å². The van der Waals surface area contributed by atoms with Gasteiger partial charge in [0.2, 0.25) is 6.29 Å². The van der Waals surface area contributed by atoms with Crippen molar-refractivity contribution in [3.8, 4) is 0 Å². The highest BCUT2D eigenvalue weighted by atomic mass is 28.4. The van der Waals surface area contributed by atoms with E-state index in [-0.39, 0.29) is 11.6 Å². The molecule has 0 bridgehead atoms. The van der Waals surface area contributed by atoms with Crippen LogP contribution in [-0.2, 0) is 18.7 Å². The molecule has 1 heterocycles. The molecular formula is C24H32O7Si. The molecule has 0 aromatic heterocycles. The Hall–Kier alpha value is -2.07. The largest absolute Gasteiger partial charge is 0.433 e.